The summed E-state index contributed by atoms with van der Waals surface area (Å²) in [5, 5.41) is 15.6. The molecule has 0 amide bonds. The van der Waals surface area contributed by atoms with Gasteiger partial charge in [0.2, 0.25) is 0 Å². The van der Waals surface area contributed by atoms with Crippen molar-refractivity contribution >= 4 is 29.9 Å². The van der Waals surface area contributed by atoms with Gasteiger partial charge in [-0.1, -0.05) is 33.1 Å². The Morgan fingerprint density at radius 3 is 2.67 bits per heavy atom. The quantitative estimate of drug-likeness (QED) is 0.319. The Kier molecular flexibility index (Phi) is 10.8. The predicted octanol–water partition coefficient (Wildman–Crippen LogP) is 2.47. The zero-order valence-corrected chi connectivity index (χ0v) is 21.4. The van der Waals surface area contributed by atoms with Crippen LogP contribution in [0.15, 0.2) is 4.99 Å². The lowest BCUT2D eigenvalue weighted by Crippen LogP contribution is -2.51. The molecule has 2 N–H and O–H groups in total. The molecule has 8 nitrogen and oxygen atoms in total. The van der Waals surface area contributed by atoms with Crippen LogP contribution in [0, 0.1) is 12.8 Å². The molecule has 1 aliphatic heterocycles. The summed E-state index contributed by atoms with van der Waals surface area (Å²) in [6, 6.07) is 0.501. The molecule has 1 atom stereocenters. The SMILES string of the molecule is Cc1nnc(CN=C(NCC2CN(CC(C)C)CCO2)NC2CCCCC2)n1C.I. The summed E-state index contributed by atoms with van der Waals surface area (Å²) < 4.78 is 8.00. The Hall–Kier alpha value is -0.940. The van der Waals surface area contributed by atoms with Crippen LogP contribution in [0.5, 0.6) is 0 Å². The zero-order valence-electron chi connectivity index (χ0n) is 19.1. The van der Waals surface area contributed by atoms with E-state index in [0.717, 1.165) is 50.4 Å². The molecular weight excluding hydrogens is 493 g/mol. The summed E-state index contributed by atoms with van der Waals surface area (Å²) >= 11 is 0. The first-order valence-electron chi connectivity index (χ1n) is 11.2. The summed E-state index contributed by atoms with van der Waals surface area (Å²) in [4.78, 5) is 7.32. The Bertz CT molecular complexity index is 658. The largest absolute Gasteiger partial charge is 0.374 e. The number of halogens is 1. The molecule has 1 aromatic rings. The number of morpholine rings is 1. The van der Waals surface area contributed by atoms with Crippen LogP contribution >= 0.6 is 24.0 Å². The van der Waals surface area contributed by atoms with Crippen molar-refractivity contribution in [3.05, 3.63) is 11.6 Å². The zero-order chi connectivity index (χ0) is 20.6. The van der Waals surface area contributed by atoms with Crippen molar-refractivity contribution in [1.82, 2.24) is 30.3 Å². The van der Waals surface area contributed by atoms with E-state index in [-0.39, 0.29) is 30.1 Å². The number of aryl methyl sites for hydroxylation is 1. The third-order valence-corrected chi connectivity index (χ3v) is 5.85. The van der Waals surface area contributed by atoms with E-state index >= 15 is 0 Å². The van der Waals surface area contributed by atoms with E-state index in [4.69, 9.17) is 9.73 Å². The van der Waals surface area contributed by atoms with E-state index < -0.39 is 0 Å². The molecule has 3 rings (SSSR count). The van der Waals surface area contributed by atoms with Crippen LogP contribution in [0.3, 0.4) is 0 Å². The summed E-state index contributed by atoms with van der Waals surface area (Å²) in [6.45, 7) is 11.7. The highest BCUT2D eigenvalue weighted by molar-refractivity contribution is 14.0. The van der Waals surface area contributed by atoms with Crippen LogP contribution in [0.1, 0.15) is 57.6 Å². The molecule has 1 saturated carbocycles. The third kappa shape index (κ3) is 7.96. The van der Waals surface area contributed by atoms with Crippen LogP contribution in [-0.4, -0.2) is 70.6 Å². The van der Waals surface area contributed by atoms with Gasteiger partial charge in [0.1, 0.15) is 12.4 Å². The van der Waals surface area contributed by atoms with Gasteiger partial charge >= 0.3 is 0 Å². The van der Waals surface area contributed by atoms with Crippen molar-refractivity contribution in [2.24, 2.45) is 18.0 Å². The van der Waals surface area contributed by atoms with Gasteiger partial charge in [0.05, 0.1) is 12.7 Å². The first kappa shape index (κ1) is 25.3. The lowest BCUT2D eigenvalue weighted by Gasteiger charge is -2.34. The molecule has 1 aliphatic carbocycles. The standard InChI is InChI=1S/C21H39N7O.HI/c1-16(2)14-28-10-11-29-19(15-28)12-22-21(24-18-8-6-5-7-9-18)23-13-20-26-25-17(3)27(20)4;/h16,18-19H,5-15H2,1-4H3,(H2,22,23,24);1H. The molecule has 172 valence electrons. The van der Waals surface area contributed by atoms with E-state index in [0.29, 0.717) is 18.5 Å². The first-order valence-corrected chi connectivity index (χ1v) is 11.2. The van der Waals surface area contributed by atoms with Gasteiger partial charge in [0.25, 0.3) is 0 Å². The number of nitrogens with zero attached hydrogens (tertiary/aromatic N) is 5. The molecule has 1 aromatic heterocycles. The fourth-order valence-electron chi connectivity index (χ4n) is 4.13. The molecule has 2 aliphatic rings. The van der Waals surface area contributed by atoms with Gasteiger partial charge in [-0.3, -0.25) is 4.90 Å². The van der Waals surface area contributed by atoms with E-state index in [1.165, 1.54) is 32.1 Å². The molecular formula is C21H40IN7O. The number of aliphatic imine (C=N–C) groups is 1. The number of nitrogens with one attached hydrogen (secondary N) is 2. The van der Waals surface area contributed by atoms with Crippen LogP contribution in [0.25, 0.3) is 0 Å². The van der Waals surface area contributed by atoms with E-state index in [9.17, 15) is 0 Å². The molecule has 0 spiro atoms. The molecule has 2 heterocycles. The maximum Gasteiger partial charge on any atom is 0.192 e. The van der Waals surface area contributed by atoms with E-state index in [1.807, 2.05) is 18.5 Å². The third-order valence-electron chi connectivity index (χ3n) is 5.85. The highest BCUT2D eigenvalue weighted by atomic mass is 127. The van der Waals surface area contributed by atoms with Gasteiger partial charge in [0, 0.05) is 39.3 Å². The minimum Gasteiger partial charge on any atom is -0.374 e. The average Bonchev–Trinajstić information content (AvgIpc) is 3.03. The summed E-state index contributed by atoms with van der Waals surface area (Å²) in [7, 11) is 1.99. The van der Waals surface area contributed by atoms with Crippen LogP contribution in [0.4, 0.5) is 0 Å². The molecule has 0 aromatic carbocycles. The van der Waals surface area contributed by atoms with Crippen molar-refractivity contribution in [2.75, 3.05) is 32.8 Å². The van der Waals surface area contributed by atoms with Crippen molar-refractivity contribution in [3.8, 4) is 0 Å². The van der Waals surface area contributed by atoms with E-state index in [1.54, 1.807) is 0 Å². The first-order chi connectivity index (χ1) is 14.0. The van der Waals surface area contributed by atoms with Crippen LogP contribution in [-0.2, 0) is 18.3 Å². The van der Waals surface area contributed by atoms with Crippen molar-refractivity contribution in [2.45, 2.75) is 71.6 Å². The summed E-state index contributed by atoms with van der Waals surface area (Å²) in [5.41, 5.74) is 0. The second-order valence-electron chi connectivity index (χ2n) is 8.89. The second kappa shape index (κ2) is 12.8. The fraction of sp³-hybridized carbons (Fsp3) is 0.857. The molecule has 1 unspecified atom stereocenters. The molecule has 0 radical (unpaired) electrons. The van der Waals surface area contributed by atoms with Crippen molar-refractivity contribution in [1.29, 1.82) is 0 Å². The molecule has 0 bridgehead atoms. The maximum atomic E-state index is 6.00. The highest BCUT2D eigenvalue weighted by Gasteiger charge is 2.22. The van der Waals surface area contributed by atoms with Gasteiger partial charge in [0.15, 0.2) is 11.8 Å². The minimum absolute atomic E-state index is 0. The van der Waals surface area contributed by atoms with Gasteiger partial charge in [-0.25, -0.2) is 4.99 Å². The van der Waals surface area contributed by atoms with Gasteiger partial charge in [-0.05, 0) is 25.7 Å². The van der Waals surface area contributed by atoms with Gasteiger partial charge < -0.3 is 19.9 Å². The number of hydrogen-bond donors (Lipinski definition) is 2. The number of rotatable bonds is 7. The van der Waals surface area contributed by atoms with Gasteiger partial charge in [-0.2, -0.15) is 0 Å². The molecule has 2 fully saturated rings. The predicted molar refractivity (Wildman–Crippen MR) is 131 cm³/mol. The molecule has 9 heteroatoms. The number of hydrogen-bond acceptors (Lipinski definition) is 5. The topological polar surface area (TPSA) is 79.6 Å². The maximum absolute atomic E-state index is 6.00. The van der Waals surface area contributed by atoms with Crippen LogP contribution < -0.4 is 10.6 Å². The number of aromatic nitrogens is 3. The molecule has 1 saturated heterocycles. The smallest absolute Gasteiger partial charge is 0.192 e. The normalized spacial score (nSPS) is 21.5. The Labute approximate surface area is 198 Å². The van der Waals surface area contributed by atoms with Crippen molar-refractivity contribution < 1.29 is 4.74 Å². The lowest BCUT2D eigenvalue weighted by atomic mass is 9.96. The Morgan fingerprint density at radius 2 is 2.00 bits per heavy atom. The van der Waals surface area contributed by atoms with Crippen LogP contribution in [0.2, 0.25) is 0 Å². The highest BCUT2D eigenvalue weighted by Crippen LogP contribution is 2.17. The van der Waals surface area contributed by atoms with Crippen molar-refractivity contribution in [3.63, 3.8) is 0 Å². The fourth-order valence-corrected chi connectivity index (χ4v) is 4.13. The Morgan fingerprint density at radius 1 is 1.23 bits per heavy atom. The van der Waals surface area contributed by atoms with Gasteiger partial charge in [-0.15, -0.1) is 34.2 Å². The summed E-state index contributed by atoms with van der Waals surface area (Å²) in [6.07, 6.45) is 6.56. The average molecular weight is 534 g/mol. The second-order valence-corrected chi connectivity index (χ2v) is 8.89. The summed E-state index contributed by atoms with van der Waals surface area (Å²) in [5.74, 6) is 3.33. The van der Waals surface area contributed by atoms with E-state index in [2.05, 4.69) is 39.6 Å². The molecule has 30 heavy (non-hydrogen) atoms. The number of guanidine groups is 1. The monoisotopic (exact) mass is 533 g/mol. The minimum atomic E-state index is 0. The Balaban J connectivity index is 0.00000320. The number of ether oxygens (including phenoxy) is 1. The lowest BCUT2D eigenvalue weighted by molar-refractivity contribution is -0.0284.